The van der Waals surface area contributed by atoms with E-state index in [1.165, 1.54) is 5.56 Å². The third-order valence-electron chi connectivity index (χ3n) is 4.40. The van der Waals surface area contributed by atoms with E-state index in [4.69, 9.17) is 9.47 Å². The minimum absolute atomic E-state index is 0.203. The molecule has 0 aromatic heterocycles. The summed E-state index contributed by atoms with van der Waals surface area (Å²) in [6.07, 6.45) is 0.742. The normalized spacial score (nSPS) is 13.9. The number of ether oxygens (including phenoxy) is 2. The Kier molecular flexibility index (Phi) is 6.93. The molecule has 0 aliphatic carbocycles. The molecule has 1 aliphatic heterocycles. The maximum atomic E-state index is 12.2. The second-order valence-electron chi connectivity index (χ2n) is 6.51. The van der Waals surface area contributed by atoms with Gasteiger partial charge >= 0.3 is 6.03 Å². The highest BCUT2D eigenvalue weighted by Crippen LogP contribution is 2.26. The number of carbonyl (C=O) groups excluding carboxylic acids is 1. The Bertz CT molecular complexity index is 728. The van der Waals surface area contributed by atoms with Crippen LogP contribution >= 0.6 is 0 Å². The highest BCUT2D eigenvalue weighted by molar-refractivity contribution is 5.93. The molecule has 2 aromatic carbocycles. The molecule has 1 saturated heterocycles. The average molecular weight is 369 g/mol. The number of benzene rings is 2. The van der Waals surface area contributed by atoms with E-state index in [1.54, 1.807) is 0 Å². The molecule has 144 valence electrons. The Morgan fingerprint density at radius 1 is 1.11 bits per heavy atom. The summed E-state index contributed by atoms with van der Waals surface area (Å²) in [5.41, 5.74) is 3.05. The molecule has 0 unspecified atom stereocenters. The molecule has 0 saturated carbocycles. The monoisotopic (exact) mass is 369 g/mol. The van der Waals surface area contributed by atoms with E-state index in [0.717, 1.165) is 36.6 Å². The molecule has 2 aromatic rings. The second-order valence-corrected chi connectivity index (χ2v) is 6.51. The number of amides is 2. The number of nitrogens with zero attached hydrogens (tertiary/aromatic N) is 1. The lowest BCUT2D eigenvalue weighted by Gasteiger charge is -2.30. The average Bonchev–Trinajstić information content (AvgIpc) is 2.70. The Labute approximate surface area is 160 Å². The Balaban J connectivity index is 1.41. The summed E-state index contributed by atoms with van der Waals surface area (Å²) >= 11 is 0. The zero-order valence-corrected chi connectivity index (χ0v) is 15.7. The summed E-state index contributed by atoms with van der Waals surface area (Å²) in [4.78, 5) is 14.4. The zero-order valence-electron chi connectivity index (χ0n) is 15.7. The smallest absolute Gasteiger partial charge is 0.319 e. The fourth-order valence-electron chi connectivity index (χ4n) is 2.92. The maximum absolute atomic E-state index is 12.2. The minimum atomic E-state index is -0.203. The lowest BCUT2D eigenvalue weighted by molar-refractivity contribution is 0.123. The van der Waals surface area contributed by atoms with Gasteiger partial charge < -0.3 is 25.0 Å². The number of anilines is 2. The van der Waals surface area contributed by atoms with Crippen LogP contribution in [0, 0.1) is 6.92 Å². The predicted molar refractivity (Wildman–Crippen MR) is 108 cm³/mol. The molecular weight excluding hydrogens is 342 g/mol. The summed E-state index contributed by atoms with van der Waals surface area (Å²) in [5.74, 6) is 0.851. The van der Waals surface area contributed by atoms with Crippen molar-refractivity contribution in [2.45, 2.75) is 13.3 Å². The van der Waals surface area contributed by atoms with E-state index in [2.05, 4.69) is 15.5 Å². The van der Waals surface area contributed by atoms with E-state index >= 15 is 0 Å². The number of hydrogen-bond donors (Lipinski definition) is 2. The van der Waals surface area contributed by atoms with Gasteiger partial charge in [-0.2, -0.15) is 0 Å². The van der Waals surface area contributed by atoms with Crippen molar-refractivity contribution in [3.63, 3.8) is 0 Å². The lowest BCUT2D eigenvalue weighted by atomic mass is 10.2. The lowest BCUT2D eigenvalue weighted by Crippen LogP contribution is -2.37. The van der Waals surface area contributed by atoms with Crippen molar-refractivity contribution in [2.75, 3.05) is 49.7 Å². The standard InChI is InChI=1S/C21H27N3O3/c1-17-7-9-18(10-8-17)27-14-4-11-22-21(25)23-19-5-2-3-6-20(19)24-12-15-26-16-13-24/h2-3,5-10H,4,11-16H2,1H3,(H2,22,23,25). The van der Waals surface area contributed by atoms with Crippen LogP contribution < -0.4 is 20.3 Å². The van der Waals surface area contributed by atoms with Gasteiger partial charge in [0.2, 0.25) is 0 Å². The summed E-state index contributed by atoms with van der Waals surface area (Å²) in [5, 5.41) is 5.83. The van der Waals surface area contributed by atoms with Crippen LogP contribution in [0.2, 0.25) is 0 Å². The van der Waals surface area contributed by atoms with Crippen LogP contribution in [0.15, 0.2) is 48.5 Å². The van der Waals surface area contributed by atoms with Crippen LogP contribution in [0.25, 0.3) is 0 Å². The van der Waals surface area contributed by atoms with Gasteiger partial charge in [0.15, 0.2) is 0 Å². The quantitative estimate of drug-likeness (QED) is 0.734. The van der Waals surface area contributed by atoms with Crippen molar-refractivity contribution in [1.82, 2.24) is 5.32 Å². The summed E-state index contributed by atoms with van der Waals surface area (Å²) in [7, 11) is 0. The second kappa shape index (κ2) is 9.83. The molecule has 6 heteroatoms. The van der Waals surface area contributed by atoms with Gasteiger partial charge in [-0.1, -0.05) is 29.8 Å². The molecule has 6 nitrogen and oxygen atoms in total. The van der Waals surface area contributed by atoms with Crippen LogP contribution in [0.5, 0.6) is 5.75 Å². The summed E-state index contributed by atoms with van der Waals surface area (Å²) in [6, 6.07) is 15.6. The first kappa shape index (κ1) is 19.0. The van der Waals surface area contributed by atoms with Crippen molar-refractivity contribution in [2.24, 2.45) is 0 Å². The first-order chi connectivity index (χ1) is 13.2. The van der Waals surface area contributed by atoms with Gasteiger partial charge in [0.1, 0.15) is 5.75 Å². The van der Waals surface area contributed by atoms with Crippen LogP contribution in [0.3, 0.4) is 0 Å². The van der Waals surface area contributed by atoms with Crippen molar-refractivity contribution in [3.05, 3.63) is 54.1 Å². The highest BCUT2D eigenvalue weighted by atomic mass is 16.5. The first-order valence-electron chi connectivity index (χ1n) is 9.38. The molecule has 1 aliphatic rings. The number of hydrogen-bond acceptors (Lipinski definition) is 4. The van der Waals surface area contributed by atoms with Crippen LogP contribution in [-0.4, -0.2) is 45.5 Å². The van der Waals surface area contributed by atoms with Crippen molar-refractivity contribution >= 4 is 17.4 Å². The van der Waals surface area contributed by atoms with Crippen LogP contribution in [0.1, 0.15) is 12.0 Å². The molecule has 1 heterocycles. The molecule has 3 rings (SSSR count). The maximum Gasteiger partial charge on any atom is 0.319 e. The van der Waals surface area contributed by atoms with E-state index in [9.17, 15) is 4.79 Å². The third kappa shape index (κ3) is 5.89. The van der Waals surface area contributed by atoms with Crippen molar-refractivity contribution in [1.29, 1.82) is 0 Å². The van der Waals surface area contributed by atoms with Gasteiger partial charge in [-0.25, -0.2) is 4.79 Å². The van der Waals surface area contributed by atoms with Crippen LogP contribution in [-0.2, 0) is 4.74 Å². The molecule has 0 atom stereocenters. The van der Waals surface area contributed by atoms with Gasteiger partial charge in [0.25, 0.3) is 0 Å². The molecular formula is C21H27N3O3. The molecule has 0 radical (unpaired) electrons. The third-order valence-corrected chi connectivity index (χ3v) is 4.40. The molecule has 1 fully saturated rings. The van der Waals surface area contributed by atoms with Gasteiger partial charge in [0.05, 0.1) is 31.2 Å². The Hall–Kier alpha value is -2.73. The first-order valence-corrected chi connectivity index (χ1v) is 9.38. The number of urea groups is 1. The summed E-state index contributed by atoms with van der Waals surface area (Å²) < 4.78 is 11.1. The predicted octanol–water partition coefficient (Wildman–Crippen LogP) is 3.42. The van der Waals surface area contributed by atoms with E-state index in [1.807, 2.05) is 55.5 Å². The molecule has 0 spiro atoms. The largest absolute Gasteiger partial charge is 0.494 e. The van der Waals surface area contributed by atoms with Crippen molar-refractivity contribution in [3.8, 4) is 5.75 Å². The Morgan fingerprint density at radius 3 is 2.63 bits per heavy atom. The fourth-order valence-corrected chi connectivity index (χ4v) is 2.92. The number of nitrogens with one attached hydrogen (secondary N) is 2. The van der Waals surface area contributed by atoms with E-state index < -0.39 is 0 Å². The number of carbonyl (C=O) groups is 1. The SMILES string of the molecule is Cc1ccc(OCCCNC(=O)Nc2ccccc2N2CCOCC2)cc1. The van der Waals surface area contributed by atoms with E-state index in [-0.39, 0.29) is 6.03 Å². The van der Waals surface area contributed by atoms with Crippen molar-refractivity contribution < 1.29 is 14.3 Å². The van der Waals surface area contributed by atoms with Gasteiger partial charge in [-0.15, -0.1) is 0 Å². The number of aryl methyl sites for hydroxylation is 1. The zero-order chi connectivity index (χ0) is 18.9. The minimum Gasteiger partial charge on any atom is -0.494 e. The van der Waals surface area contributed by atoms with Gasteiger partial charge in [0, 0.05) is 19.6 Å². The summed E-state index contributed by atoms with van der Waals surface area (Å²) in [6.45, 7) is 6.24. The van der Waals surface area contributed by atoms with Crippen LogP contribution in [0.4, 0.5) is 16.2 Å². The Morgan fingerprint density at radius 2 is 1.85 bits per heavy atom. The number of rotatable bonds is 7. The van der Waals surface area contributed by atoms with Gasteiger partial charge in [-0.05, 0) is 37.6 Å². The molecule has 0 bridgehead atoms. The number of para-hydroxylation sites is 2. The number of morpholine rings is 1. The van der Waals surface area contributed by atoms with E-state index in [0.29, 0.717) is 26.4 Å². The fraction of sp³-hybridized carbons (Fsp3) is 0.381. The molecule has 2 N–H and O–H groups in total. The van der Waals surface area contributed by atoms with Gasteiger partial charge in [-0.3, -0.25) is 0 Å². The topological polar surface area (TPSA) is 62.8 Å². The molecule has 2 amide bonds. The molecule has 27 heavy (non-hydrogen) atoms. The highest BCUT2D eigenvalue weighted by Gasteiger charge is 2.15.